The average molecular weight is 608 g/mol. The summed E-state index contributed by atoms with van der Waals surface area (Å²) in [5.41, 5.74) is 8.96. The summed E-state index contributed by atoms with van der Waals surface area (Å²) in [4.78, 5) is 43.0. The third-order valence-corrected chi connectivity index (χ3v) is 7.67. The van der Waals surface area contributed by atoms with Gasteiger partial charge in [-0.05, 0) is 61.2 Å². The molecule has 13 heteroatoms. The highest BCUT2D eigenvalue weighted by molar-refractivity contribution is 6.31. The maximum atomic E-state index is 14.5. The van der Waals surface area contributed by atoms with E-state index in [4.69, 9.17) is 16.3 Å². The van der Waals surface area contributed by atoms with E-state index in [-0.39, 0.29) is 28.2 Å². The van der Waals surface area contributed by atoms with Crippen molar-refractivity contribution in [1.29, 1.82) is 0 Å². The predicted octanol–water partition coefficient (Wildman–Crippen LogP) is 5.40. The summed E-state index contributed by atoms with van der Waals surface area (Å²) < 4.78 is 19.3. The van der Waals surface area contributed by atoms with Crippen molar-refractivity contribution < 1.29 is 23.5 Å². The van der Waals surface area contributed by atoms with E-state index < -0.39 is 23.9 Å². The zero-order valence-electron chi connectivity index (χ0n) is 23.5. The number of hydrogen-bond donors (Lipinski definition) is 5. The van der Waals surface area contributed by atoms with E-state index in [1.165, 1.54) is 30.5 Å². The van der Waals surface area contributed by atoms with Gasteiger partial charge in [-0.3, -0.25) is 30.3 Å². The van der Waals surface area contributed by atoms with E-state index in [9.17, 15) is 18.8 Å². The van der Waals surface area contributed by atoms with Gasteiger partial charge in [0.05, 0.1) is 41.4 Å². The van der Waals surface area contributed by atoms with Crippen LogP contribution in [0.1, 0.15) is 44.3 Å². The van der Waals surface area contributed by atoms with Gasteiger partial charge in [-0.15, -0.1) is 5.53 Å². The molecule has 1 unspecified atom stereocenters. The van der Waals surface area contributed by atoms with Gasteiger partial charge < -0.3 is 15.4 Å². The van der Waals surface area contributed by atoms with E-state index in [2.05, 4.69) is 31.9 Å². The minimum Gasteiger partial charge on any atom is -0.453 e. The molecule has 2 aliphatic rings. The number of hydrazine groups is 2. The van der Waals surface area contributed by atoms with Crippen molar-refractivity contribution in [3.63, 3.8) is 0 Å². The minimum atomic E-state index is -0.626. The predicted molar refractivity (Wildman–Crippen MR) is 161 cm³/mol. The van der Waals surface area contributed by atoms with Gasteiger partial charge in [0.25, 0.3) is 5.91 Å². The molecule has 3 heterocycles. The fourth-order valence-electron chi connectivity index (χ4n) is 5.04. The first-order valence-electron chi connectivity index (χ1n) is 13.8. The number of nitrogens with one attached hydrogen (secondary N) is 5. The molecule has 224 valence electrons. The summed E-state index contributed by atoms with van der Waals surface area (Å²) in [6.45, 7) is 1.95. The standard InChI is InChI=1S/C30H31ClFN7O4/c1-3-17-6-4-8-22(35-29(41)25-16-39(38-37-25)26-9-5-7-21(31)27(26)32)24-14-18(12-13-33-24)20-11-10-19(34-30(42)43-2)15-23(20)36-28(17)40/h5,7,9-17,22,37-38H,3-4,6,8H2,1-2H3,(H,34,42)(H,35,41)(H,36,40)/t17?,22-/m0/s1. The smallest absolute Gasteiger partial charge is 0.411 e. The summed E-state index contributed by atoms with van der Waals surface area (Å²) in [5.74, 6) is -1.45. The van der Waals surface area contributed by atoms with Gasteiger partial charge >= 0.3 is 6.09 Å². The topological polar surface area (TPSA) is 137 Å². The number of amides is 3. The van der Waals surface area contributed by atoms with Crippen LogP contribution in [0.5, 0.6) is 0 Å². The first-order valence-corrected chi connectivity index (χ1v) is 14.2. The Labute approximate surface area is 252 Å². The van der Waals surface area contributed by atoms with Crippen LogP contribution < -0.4 is 31.9 Å². The molecule has 0 fully saturated rings. The molecule has 0 spiro atoms. The molecule has 1 aromatic heterocycles. The summed E-state index contributed by atoms with van der Waals surface area (Å²) in [7, 11) is 1.27. The number of halogens is 2. The molecule has 5 rings (SSSR count). The monoisotopic (exact) mass is 607 g/mol. The molecule has 0 radical (unpaired) electrons. The fraction of sp³-hybridized carbons (Fsp3) is 0.267. The molecule has 2 bridgehead atoms. The molecular weight excluding hydrogens is 577 g/mol. The number of anilines is 3. The molecule has 3 aromatic rings. The Morgan fingerprint density at radius 1 is 1.19 bits per heavy atom. The number of pyridine rings is 1. The lowest BCUT2D eigenvalue weighted by molar-refractivity contribution is -0.120. The minimum absolute atomic E-state index is 0.0404. The van der Waals surface area contributed by atoms with Gasteiger partial charge in [-0.1, -0.05) is 37.1 Å². The van der Waals surface area contributed by atoms with Crippen molar-refractivity contribution in [3.05, 3.63) is 83.2 Å². The Kier molecular flexibility index (Phi) is 9.07. The van der Waals surface area contributed by atoms with Crippen molar-refractivity contribution in [2.24, 2.45) is 5.92 Å². The highest BCUT2D eigenvalue weighted by Gasteiger charge is 2.26. The number of ether oxygens (including phenoxy) is 1. The average Bonchev–Trinajstić information content (AvgIpc) is 3.50. The molecule has 3 amide bonds. The van der Waals surface area contributed by atoms with Gasteiger partial charge in [-0.2, -0.15) is 0 Å². The van der Waals surface area contributed by atoms with Crippen LogP contribution in [0.25, 0.3) is 11.1 Å². The largest absolute Gasteiger partial charge is 0.453 e. The van der Waals surface area contributed by atoms with Gasteiger partial charge in [-0.25, -0.2) is 9.18 Å². The molecule has 2 atom stereocenters. The summed E-state index contributed by atoms with van der Waals surface area (Å²) in [5, 5.41) is 10.0. The van der Waals surface area contributed by atoms with Crippen molar-refractivity contribution >= 4 is 46.6 Å². The lowest BCUT2D eigenvalue weighted by Gasteiger charge is -2.23. The third-order valence-electron chi connectivity index (χ3n) is 7.38. The van der Waals surface area contributed by atoms with Crippen LogP contribution >= 0.6 is 11.6 Å². The van der Waals surface area contributed by atoms with Crippen molar-refractivity contribution in [3.8, 4) is 11.1 Å². The number of carbonyl (C=O) groups is 3. The maximum absolute atomic E-state index is 14.5. The number of nitrogens with zero attached hydrogens (tertiary/aromatic N) is 2. The highest BCUT2D eigenvalue weighted by atomic mass is 35.5. The van der Waals surface area contributed by atoms with Crippen LogP contribution in [-0.2, 0) is 14.3 Å². The van der Waals surface area contributed by atoms with Crippen LogP contribution in [0.4, 0.5) is 26.2 Å². The summed E-state index contributed by atoms with van der Waals surface area (Å²) in [6, 6.07) is 13.0. The second kappa shape index (κ2) is 13.1. The Morgan fingerprint density at radius 3 is 2.81 bits per heavy atom. The summed E-state index contributed by atoms with van der Waals surface area (Å²) in [6.07, 6.45) is 4.86. The van der Waals surface area contributed by atoms with Crippen molar-refractivity contribution in [1.82, 2.24) is 21.3 Å². The molecule has 43 heavy (non-hydrogen) atoms. The number of aromatic nitrogens is 1. The second-order valence-electron chi connectivity index (χ2n) is 10.1. The van der Waals surface area contributed by atoms with Gasteiger partial charge in [0.2, 0.25) is 5.91 Å². The Bertz CT molecular complexity index is 1580. The molecule has 0 aliphatic carbocycles. The maximum Gasteiger partial charge on any atom is 0.411 e. The normalized spacial score (nSPS) is 18.2. The van der Waals surface area contributed by atoms with Gasteiger partial charge in [0.15, 0.2) is 5.82 Å². The molecule has 2 aliphatic heterocycles. The quantitative estimate of drug-likeness (QED) is 0.260. The van der Waals surface area contributed by atoms with E-state index in [1.807, 2.05) is 19.1 Å². The Morgan fingerprint density at radius 2 is 2.02 bits per heavy atom. The van der Waals surface area contributed by atoms with E-state index in [0.717, 1.165) is 11.1 Å². The third kappa shape index (κ3) is 6.71. The van der Waals surface area contributed by atoms with E-state index >= 15 is 0 Å². The molecule has 0 saturated carbocycles. The van der Waals surface area contributed by atoms with E-state index in [0.29, 0.717) is 42.8 Å². The van der Waals surface area contributed by atoms with Gasteiger partial charge in [0, 0.05) is 23.4 Å². The van der Waals surface area contributed by atoms with Crippen LogP contribution in [0.15, 0.2) is 66.6 Å². The molecule has 11 nitrogen and oxygen atoms in total. The first kappa shape index (κ1) is 29.8. The zero-order valence-corrected chi connectivity index (χ0v) is 24.3. The van der Waals surface area contributed by atoms with Crippen LogP contribution in [0.2, 0.25) is 5.02 Å². The fourth-order valence-corrected chi connectivity index (χ4v) is 5.21. The van der Waals surface area contributed by atoms with Gasteiger partial charge in [0.1, 0.15) is 5.70 Å². The lowest BCUT2D eigenvalue weighted by Crippen LogP contribution is -2.40. The van der Waals surface area contributed by atoms with Crippen LogP contribution in [-0.4, -0.2) is 30.0 Å². The van der Waals surface area contributed by atoms with Crippen molar-refractivity contribution in [2.45, 2.75) is 38.6 Å². The van der Waals surface area contributed by atoms with E-state index in [1.54, 1.807) is 30.5 Å². The number of carbonyl (C=O) groups excluding carboxylic acids is 3. The Balaban J connectivity index is 1.45. The SMILES string of the molecule is CCC1CCC[C@H](NC(=O)C2=CN(c3cccc(Cl)c3F)NN2)c2cc(ccn2)-c2ccc(NC(=O)OC)cc2NC1=O. The van der Waals surface area contributed by atoms with Crippen molar-refractivity contribution in [2.75, 3.05) is 22.8 Å². The first-order chi connectivity index (χ1) is 20.8. The zero-order chi connectivity index (χ0) is 30.5. The highest BCUT2D eigenvalue weighted by Crippen LogP contribution is 2.34. The Hall–Kier alpha value is -4.68. The van der Waals surface area contributed by atoms with Crippen LogP contribution in [0.3, 0.4) is 0 Å². The summed E-state index contributed by atoms with van der Waals surface area (Å²) >= 11 is 5.92. The number of rotatable bonds is 5. The number of methoxy groups -OCH3 is 1. The number of fused-ring (bicyclic) bond motifs is 4. The number of benzene rings is 2. The van der Waals surface area contributed by atoms with Crippen LogP contribution in [0, 0.1) is 11.7 Å². The molecule has 2 aromatic carbocycles. The second-order valence-corrected chi connectivity index (χ2v) is 10.5. The lowest BCUT2D eigenvalue weighted by atomic mass is 9.93. The number of hydrogen-bond acceptors (Lipinski definition) is 8. The molecule has 5 N–H and O–H groups in total. The molecular formula is C30H31ClFN7O4. The molecule has 0 saturated heterocycles.